The molecule has 0 aliphatic heterocycles. The molecule has 1 aromatic carbocycles. The number of nitrogens with one attached hydrogen (secondary N) is 1. The van der Waals surface area contributed by atoms with Crippen molar-refractivity contribution in [2.75, 3.05) is 25.0 Å². The van der Waals surface area contributed by atoms with Crippen LogP contribution in [0, 0.1) is 5.92 Å². The largest absolute Gasteiger partial charge is 0.385 e. The van der Waals surface area contributed by atoms with Gasteiger partial charge in [0.05, 0.1) is 4.90 Å². The molecule has 114 valence electrons. The van der Waals surface area contributed by atoms with Crippen molar-refractivity contribution in [2.45, 2.75) is 39.0 Å². The number of sulfonamides is 1. The molecule has 0 bridgehead atoms. The fourth-order valence-corrected chi connectivity index (χ4v) is 3.58. The Morgan fingerprint density at radius 2 is 1.75 bits per heavy atom. The number of rotatable bonds is 8. The van der Waals surface area contributed by atoms with E-state index in [0.717, 1.165) is 18.7 Å². The Kier molecular flexibility index (Phi) is 6.49. The first-order valence-corrected chi connectivity index (χ1v) is 8.69. The summed E-state index contributed by atoms with van der Waals surface area (Å²) in [5, 5.41) is 3.24. The van der Waals surface area contributed by atoms with E-state index in [1.807, 2.05) is 32.9 Å². The van der Waals surface area contributed by atoms with Gasteiger partial charge in [-0.3, -0.25) is 0 Å². The Morgan fingerprint density at radius 1 is 1.15 bits per heavy atom. The zero-order chi connectivity index (χ0) is 15.2. The summed E-state index contributed by atoms with van der Waals surface area (Å²) in [5.41, 5.74) is 0.956. The predicted octanol–water partition coefficient (Wildman–Crippen LogP) is 3.18. The van der Waals surface area contributed by atoms with Gasteiger partial charge in [0.15, 0.2) is 0 Å². The Balaban J connectivity index is 2.91. The van der Waals surface area contributed by atoms with Crippen molar-refractivity contribution in [3.05, 3.63) is 24.3 Å². The van der Waals surface area contributed by atoms with Crippen molar-refractivity contribution in [1.29, 1.82) is 0 Å². The molecule has 0 atom stereocenters. The predicted molar refractivity (Wildman–Crippen MR) is 84.5 cm³/mol. The Bertz CT molecular complexity index is 495. The standard InChI is InChI=1S/C15H26N2O2S/c1-5-11-16-14-7-9-15(10-8-14)20(18,19)17(6-2)12-13(3)4/h7-10,13,16H,5-6,11-12H2,1-4H3. The topological polar surface area (TPSA) is 49.4 Å². The van der Waals surface area contributed by atoms with Crippen LogP contribution in [-0.4, -0.2) is 32.4 Å². The smallest absolute Gasteiger partial charge is 0.243 e. The van der Waals surface area contributed by atoms with Crippen molar-refractivity contribution in [1.82, 2.24) is 4.31 Å². The van der Waals surface area contributed by atoms with Gasteiger partial charge in [0.25, 0.3) is 0 Å². The van der Waals surface area contributed by atoms with Gasteiger partial charge in [0.1, 0.15) is 0 Å². The molecule has 0 amide bonds. The first-order chi connectivity index (χ1) is 9.41. The molecule has 1 rings (SSSR count). The average Bonchev–Trinajstić information content (AvgIpc) is 2.42. The van der Waals surface area contributed by atoms with Gasteiger partial charge in [0, 0.05) is 25.3 Å². The van der Waals surface area contributed by atoms with Gasteiger partial charge in [-0.1, -0.05) is 27.7 Å². The first-order valence-electron chi connectivity index (χ1n) is 7.25. The van der Waals surface area contributed by atoms with E-state index >= 15 is 0 Å². The minimum absolute atomic E-state index is 0.315. The van der Waals surface area contributed by atoms with E-state index < -0.39 is 10.0 Å². The van der Waals surface area contributed by atoms with E-state index in [0.29, 0.717) is 23.9 Å². The minimum Gasteiger partial charge on any atom is -0.385 e. The Hall–Kier alpha value is -1.07. The third kappa shape index (κ3) is 4.49. The second-order valence-corrected chi connectivity index (χ2v) is 7.24. The summed E-state index contributed by atoms with van der Waals surface area (Å²) in [4.78, 5) is 0.363. The van der Waals surface area contributed by atoms with Crippen LogP contribution in [-0.2, 0) is 10.0 Å². The lowest BCUT2D eigenvalue weighted by Gasteiger charge is -2.22. The molecule has 1 N–H and O–H groups in total. The van der Waals surface area contributed by atoms with Crippen molar-refractivity contribution in [2.24, 2.45) is 5.92 Å². The lowest BCUT2D eigenvalue weighted by Crippen LogP contribution is -2.34. The number of hydrogen-bond donors (Lipinski definition) is 1. The molecular formula is C15H26N2O2S. The lowest BCUT2D eigenvalue weighted by molar-refractivity contribution is 0.381. The Labute approximate surface area is 123 Å². The highest BCUT2D eigenvalue weighted by atomic mass is 32.2. The van der Waals surface area contributed by atoms with Crippen LogP contribution in [0.15, 0.2) is 29.2 Å². The number of nitrogens with zero attached hydrogens (tertiary/aromatic N) is 1. The molecule has 0 radical (unpaired) electrons. The molecule has 0 saturated heterocycles. The van der Waals surface area contributed by atoms with Crippen LogP contribution >= 0.6 is 0 Å². The summed E-state index contributed by atoms with van der Waals surface area (Å²) in [7, 11) is -3.38. The number of benzene rings is 1. The molecule has 5 heteroatoms. The third-order valence-electron chi connectivity index (χ3n) is 2.99. The maximum atomic E-state index is 12.5. The second-order valence-electron chi connectivity index (χ2n) is 5.30. The van der Waals surface area contributed by atoms with E-state index in [9.17, 15) is 8.42 Å². The fourth-order valence-electron chi connectivity index (χ4n) is 1.97. The van der Waals surface area contributed by atoms with Crippen LogP contribution in [0.4, 0.5) is 5.69 Å². The summed E-state index contributed by atoms with van der Waals surface area (Å²) < 4.78 is 26.6. The van der Waals surface area contributed by atoms with Crippen molar-refractivity contribution < 1.29 is 8.42 Å². The van der Waals surface area contributed by atoms with E-state index in [1.165, 1.54) is 4.31 Å². The van der Waals surface area contributed by atoms with Crippen LogP contribution in [0.2, 0.25) is 0 Å². The van der Waals surface area contributed by atoms with E-state index in [2.05, 4.69) is 12.2 Å². The average molecular weight is 298 g/mol. The van der Waals surface area contributed by atoms with Crippen LogP contribution in [0.5, 0.6) is 0 Å². The molecule has 0 fully saturated rings. The van der Waals surface area contributed by atoms with E-state index in [-0.39, 0.29) is 0 Å². The molecular weight excluding hydrogens is 272 g/mol. The van der Waals surface area contributed by atoms with E-state index in [4.69, 9.17) is 0 Å². The van der Waals surface area contributed by atoms with Gasteiger partial charge >= 0.3 is 0 Å². The molecule has 0 aliphatic rings. The van der Waals surface area contributed by atoms with Gasteiger partial charge in [-0.15, -0.1) is 0 Å². The zero-order valence-corrected chi connectivity index (χ0v) is 13.7. The Morgan fingerprint density at radius 3 is 2.20 bits per heavy atom. The fraction of sp³-hybridized carbons (Fsp3) is 0.600. The van der Waals surface area contributed by atoms with Crippen LogP contribution in [0.3, 0.4) is 0 Å². The molecule has 1 aromatic rings. The van der Waals surface area contributed by atoms with Gasteiger partial charge in [-0.25, -0.2) is 8.42 Å². The van der Waals surface area contributed by atoms with Gasteiger partial charge in [0.2, 0.25) is 10.0 Å². The third-order valence-corrected chi connectivity index (χ3v) is 4.95. The van der Waals surface area contributed by atoms with Gasteiger partial charge < -0.3 is 5.32 Å². The summed E-state index contributed by atoms with van der Waals surface area (Å²) in [6.45, 7) is 9.95. The molecule has 0 aromatic heterocycles. The molecule has 4 nitrogen and oxygen atoms in total. The molecule has 0 aliphatic carbocycles. The highest BCUT2D eigenvalue weighted by Gasteiger charge is 2.23. The first kappa shape index (κ1) is 17.0. The number of hydrogen-bond acceptors (Lipinski definition) is 3. The zero-order valence-electron chi connectivity index (χ0n) is 12.9. The highest BCUT2D eigenvalue weighted by molar-refractivity contribution is 7.89. The summed E-state index contributed by atoms with van der Waals surface area (Å²) in [6.07, 6.45) is 1.04. The maximum absolute atomic E-state index is 12.5. The minimum atomic E-state index is -3.38. The molecule has 0 saturated carbocycles. The van der Waals surface area contributed by atoms with Gasteiger partial charge in [-0.05, 0) is 36.6 Å². The summed E-state index contributed by atoms with van der Waals surface area (Å²) in [6, 6.07) is 7.00. The quantitative estimate of drug-likeness (QED) is 0.802. The van der Waals surface area contributed by atoms with Crippen LogP contribution in [0.25, 0.3) is 0 Å². The molecule has 20 heavy (non-hydrogen) atoms. The van der Waals surface area contributed by atoms with E-state index in [1.54, 1.807) is 12.1 Å². The maximum Gasteiger partial charge on any atom is 0.243 e. The SMILES string of the molecule is CCCNc1ccc(S(=O)(=O)N(CC)CC(C)C)cc1. The van der Waals surface area contributed by atoms with Crippen molar-refractivity contribution >= 4 is 15.7 Å². The van der Waals surface area contributed by atoms with Crippen molar-refractivity contribution in [3.63, 3.8) is 0 Å². The lowest BCUT2D eigenvalue weighted by atomic mass is 10.2. The highest BCUT2D eigenvalue weighted by Crippen LogP contribution is 2.19. The summed E-state index contributed by atoms with van der Waals surface area (Å²) in [5.74, 6) is 0.315. The summed E-state index contributed by atoms with van der Waals surface area (Å²) >= 11 is 0. The van der Waals surface area contributed by atoms with Crippen LogP contribution in [0.1, 0.15) is 34.1 Å². The monoisotopic (exact) mass is 298 g/mol. The number of anilines is 1. The normalized spacial score (nSPS) is 12.1. The van der Waals surface area contributed by atoms with Crippen LogP contribution < -0.4 is 5.32 Å². The van der Waals surface area contributed by atoms with Crippen molar-refractivity contribution in [3.8, 4) is 0 Å². The molecule has 0 heterocycles. The molecule has 0 spiro atoms. The second kappa shape index (κ2) is 7.64. The van der Waals surface area contributed by atoms with Gasteiger partial charge in [-0.2, -0.15) is 4.31 Å². The molecule has 0 unspecified atom stereocenters.